The van der Waals surface area contributed by atoms with Crippen LogP contribution in [0.3, 0.4) is 0 Å². The van der Waals surface area contributed by atoms with Crippen molar-refractivity contribution in [3.63, 3.8) is 0 Å². The number of allylic oxidation sites excluding steroid dienone is 1. The van der Waals surface area contributed by atoms with Gasteiger partial charge < -0.3 is 15.5 Å². The Morgan fingerprint density at radius 3 is 2.17 bits per heavy atom. The van der Waals surface area contributed by atoms with Crippen LogP contribution in [0, 0.1) is 28.6 Å². The van der Waals surface area contributed by atoms with Crippen molar-refractivity contribution in [1.29, 1.82) is 10.5 Å². The highest BCUT2D eigenvalue weighted by atomic mass is 16.5. The summed E-state index contributed by atoms with van der Waals surface area (Å²) >= 11 is 0. The summed E-state index contributed by atoms with van der Waals surface area (Å²) in [7, 11) is 1.49. The number of Topliss-reactive ketones (excluding diaryl/α,β-unsaturated/α-hetero) is 1. The number of carbonyl (C=O) groups excluding carboxylic acids is 2. The van der Waals surface area contributed by atoms with E-state index in [0.717, 1.165) is 33.3 Å². The van der Waals surface area contributed by atoms with Crippen molar-refractivity contribution in [2.24, 2.45) is 11.7 Å². The Morgan fingerprint density at radius 2 is 1.63 bits per heavy atom. The summed E-state index contributed by atoms with van der Waals surface area (Å²) in [4.78, 5) is 27.5. The van der Waals surface area contributed by atoms with Crippen LogP contribution in [-0.2, 0) is 9.59 Å². The predicted molar refractivity (Wildman–Crippen MR) is 133 cm³/mol. The molecule has 0 saturated carbocycles. The number of aromatic amines is 1. The Hall–Kier alpha value is -5.14. The summed E-state index contributed by atoms with van der Waals surface area (Å²) in [5.41, 5.74) is 9.86. The largest absolute Gasteiger partial charge is 0.496 e. The lowest BCUT2D eigenvalue weighted by Crippen LogP contribution is -2.29. The number of nitrogens with zero attached hydrogens (tertiary/aromatic N) is 2. The minimum atomic E-state index is -1.74. The van der Waals surface area contributed by atoms with Gasteiger partial charge in [0.15, 0.2) is 11.7 Å². The lowest BCUT2D eigenvalue weighted by atomic mass is 9.95. The third-order valence-corrected chi connectivity index (χ3v) is 5.64. The summed E-state index contributed by atoms with van der Waals surface area (Å²) in [6.07, 6.45) is 1.30. The molecular weight excluding hydrogens is 440 g/mol. The first-order chi connectivity index (χ1) is 17.0. The number of nitriles is 2. The van der Waals surface area contributed by atoms with E-state index >= 15 is 0 Å². The van der Waals surface area contributed by atoms with E-state index in [-0.39, 0.29) is 5.57 Å². The maximum absolute atomic E-state index is 12.6. The van der Waals surface area contributed by atoms with Crippen LogP contribution in [0.4, 0.5) is 0 Å². The van der Waals surface area contributed by atoms with Crippen LogP contribution in [0.15, 0.2) is 78.4 Å². The molecule has 0 radical (unpaired) electrons. The standard InChI is InChI=1S/C28H20N4O3/c1-35-24-14-21-23(13-19(24)12-20(15-29)27(33)22(16-30)28(31)34)32-26(18-10-6-3-7-11-18)25(21)17-8-4-2-5-9-17/h2-14,22,32H,1H3,(H2,31,34)/b20-12+. The van der Waals surface area contributed by atoms with E-state index in [1.54, 1.807) is 18.2 Å². The Bertz CT molecular complexity index is 1540. The third-order valence-electron chi connectivity index (χ3n) is 5.64. The van der Waals surface area contributed by atoms with E-state index < -0.39 is 17.6 Å². The minimum absolute atomic E-state index is 0.369. The number of nitrogens with two attached hydrogens (primary N) is 1. The zero-order valence-electron chi connectivity index (χ0n) is 18.8. The van der Waals surface area contributed by atoms with E-state index in [4.69, 9.17) is 15.7 Å². The smallest absolute Gasteiger partial charge is 0.242 e. The van der Waals surface area contributed by atoms with Crippen LogP contribution in [0.5, 0.6) is 5.75 Å². The van der Waals surface area contributed by atoms with Crippen molar-refractivity contribution in [2.75, 3.05) is 7.11 Å². The number of ether oxygens (including phenoxy) is 1. The Balaban J connectivity index is 1.95. The van der Waals surface area contributed by atoms with Crippen LogP contribution in [-0.4, -0.2) is 23.8 Å². The van der Waals surface area contributed by atoms with Gasteiger partial charge in [0.1, 0.15) is 11.8 Å². The average Bonchev–Trinajstić information content (AvgIpc) is 3.26. The maximum atomic E-state index is 12.6. The van der Waals surface area contributed by atoms with Gasteiger partial charge in [-0.2, -0.15) is 10.5 Å². The van der Waals surface area contributed by atoms with Crippen molar-refractivity contribution >= 4 is 28.7 Å². The highest BCUT2D eigenvalue weighted by Crippen LogP contribution is 2.41. The van der Waals surface area contributed by atoms with Gasteiger partial charge in [0, 0.05) is 22.0 Å². The van der Waals surface area contributed by atoms with E-state index in [9.17, 15) is 14.9 Å². The first-order valence-electron chi connectivity index (χ1n) is 10.7. The summed E-state index contributed by atoms with van der Waals surface area (Å²) in [6, 6.07) is 26.7. The molecule has 0 aliphatic rings. The lowest BCUT2D eigenvalue weighted by Gasteiger charge is -2.09. The minimum Gasteiger partial charge on any atom is -0.496 e. The molecule has 0 spiro atoms. The average molecular weight is 460 g/mol. The molecular formula is C28H20N4O3. The molecule has 7 nitrogen and oxygen atoms in total. The van der Waals surface area contributed by atoms with Crippen LogP contribution in [0.1, 0.15) is 5.56 Å². The van der Waals surface area contributed by atoms with E-state index in [1.807, 2.05) is 66.7 Å². The number of primary amides is 1. The molecule has 0 aliphatic carbocycles. The molecule has 170 valence electrons. The van der Waals surface area contributed by atoms with Gasteiger partial charge in [-0.1, -0.05) is 60.7 Å². The second kappa shape index (κ2) is 9.78. The molecule has 1 atom stereocenters. The number of aromatic nitrogens is 1. The summed E-state index contributed by atoms with van der Waals surface area (Å²) in [6.45, 7) is 0. The number of nitrogens with one attached hydrogen (secondary N) is 1. The number of hydrogen-bond acceptors (Lipinski definition) is 5. The second-order valence-electron chi connectivity index (χ2n) is 7.75. The van der Waals surface area contributed by atoms with Gasteiger partial charge in [-0.05, 0) is 29.3 Å². The zero-order valence-corrected chi connectivity index (χ0v) is 18.8. The van der Waals surface area contributed by atoms with E-state index in [1.165, 1.54) is 13.2 Å². The molecule has 0 fully saturated rings. The number of benzene rings is 3. The number of rotatable bonds is 7. The fraction of sp³-hybridized carbons (Fsp3) is 0.0714. The maximum Gasteiger partial charge on any atom is 0.242 e. The quantitative estimate of drug-likeness (QED) is 0.236. The fourth-order valence-electron chi connectivity index (χ4n) is 3.98. The molecule has 7 heteroatoms. The predicted octanol–water partition coefficient (Wildman–Crippen LogP) is 4.61. The van der Waals surface area contributed by atoms with Gasteiger partial charge >= 0.3 is 0 Å². The molecule has 35 heavy (non-hydrogen) atoms. The van der Waals surface area contributed by atoms with Crippen molar-refractivity contribution < 1.29 is 14.3 Å². The molecule has 4 rings (SSSR count). The van der Waals surface area contributed by atoms with Crippen molar-refractivity contribution in [3.05, 3.63) is 83.9 Å². The normalized spacial score (nSPS) is 11.9. The number of ketones is 1. The molecule has 3 N–H and O–H groups in total. The molecule has 1 unspecified atom stereocenters. The summed E-state index contributed by atoms with van der Waals surface area (Å²) in [5, 5.41) is 19.6. The number of amides is 1. The number of carbonyl (C=O) groups is 2. The number of hydrogen-bond donors (Lipinski definition) is 2. The SMILES string of the molecule is COc1cc2c(-c3ccccc3)c(-c3ccccc3)[nH]c2cc1/C=C(\C#N)C(=O)C(C#N)C(N)=O. The monoisotopic (exact) mass is 460 g/mol. The fourth-order valence-corrected chi connectivity index (χ4v) is 3.98. The van der Waals surface area contributed by atoms with Crippen LogP contribution in [0.25, 0.3) is 39.4 Å². The van der Waals surface area contributed by atoms with Gasteiger partial charge in [-0.3, -0.25) is 9.59 Å². The highest BCUT2D eigenvalue weighted by molar-refractivity contribution is 6.15. The number of methoxy groups -OCH3 is 1. The van der Waals surface area contributed by atoms with Crippen molar-refractivity contribution in [1.82, 2.24) is 4.98 Å². The Morgan fingerprint density at radius 1 is 1.00 bits per heavy atom. The molecule has 1 aromatic heterocycles. The first-order valence-corrected chi connectivity index (χ1v) is 10.7. The summed E-state index contributed by atoms with van der Waals surface area (Å²) in [5.74, 6) is -3.38. The second-order valence-corrected chi connectivity index (χ2v) is 7.75. The Kier molecular flexibility index (Phi) is 6.44. The van der Waals surface area contributed by atoms with Gasteiger partial charge in [0.2, 0.25) is 5.91 Å². The number of H-pyrrole nitrogens is 1. The van der Waals surface area contributed by atoms with Crippen LogP contribution < -0.4 is 10.5 Å². The van der Waals surface area contributed by atoms with Gasteiger partial charge in [-0.15, -0.1) is 0 Å². The zero-order chi connectivity index (χ0) is 24.9. The van der Waals surface area contributed by atoms with E-state index in [0.29, 0.717) is 11.3 Å². The van der Waals surface area contributed by atoms with Gasteiger partial charge in [0.05, 0.1) is 24.4 Å². The van der Waals surface area contributed by atoms with Crippen LogP contribution >= 0.6 is 0 Å². The molecule has 0 bridgehead atoms. The molecule has 1 amide bonds. The topological polar surface area (TPSA) is 133 Å². The van der Waals surface area contributed by atoms with Crippen LogP contribution in [0.2, 0.25) is 0 Å². The van der Waals surface area contributed by atoms with Gasteiger partial charge in [0.25, 0.3) is 0 Å². The van der Waals surface area contributed by atoms with Gasteiger partial charge in [-0.25, -0.2) is 0 Å². The van der Waals surface area contributed by atoms with Crippen molar-refractivity contribution in [3.8, 4) is 40.3 Å². The molecule has 0 saturated heterocycles. The lowest BCUT2D eigenvalue weighted by molar-refractivity contribution is -0.127. The van der Waals surface area contributed by atoms with E-state index in [2.05, 4.69) is 4.98 Å². The first kappa shape index (κ1) is 23.0. The third kappa shape index (κ3) is 4.39. The summed E-state index contributed by atoms with van der Waals surface area (Å²) < 4.78 is 5.58. The highest BCUT2D eigenvalue weighted by Gasteiger charge is 2.27. The number of fused-ring (bicyclic) bond motifs is 1. The van der Waals surface area contributed by atoms with Crippen molar-refractivity contribution in [2.45, 2.75) is 0 Å². The molecule has 3 aromatic carbocycles. The molecule has 0 aliphatic heterocycles. The Labute approximate surface area is 201 Å². The molecule has 4 aromatic rings. The molecule has 1 heterocycles.